The van der Waals surface area contributed by atoms with Crippen LogP contribution in [0.25, 0.3) is 0 Å². The topological polar surface area (TPSA) is 63.7 Å². The average molecular weight is 291 g/mol. The van der Waals surface area contributed by atoms with Gasteiger partial charge in [0.15, 0.2) is 0 Å². The number of methoxy groups -OCH3 is 1. The Balaban J connectivity index is 1.65. The molecule has 6 heteroatoms. The maximum Gasteiger partial charge on any atom is 0.251 e. The first-order valence-electron chi connectivity index (χ1n) is 7.40. The third kappa shape index (κ3) is 3.16. The van der Waals surface area contributed by atoms with E-state index in [0.717, 1.165) is 13.1 Å². The number of carbonyl (C=O) groups is 1. The van der Waals surface area contributed by atoms with E-state index >= 15 is 0 Å². The van der Waals surface area contributed by atoms with E-state index in [1.54, 1.807) is 18.3 Å². The van der Waals surface area contributed by atoms with Gasteiger partial charge in [0, 0.05) is 17.8 Å². The molecule has 3 heterocycles. The highest BCUT2D eigenvalue weighted by atomic mass is 16.5. The van der Waals surface area contributed by atoms with Gasteiger partial charge in [0.05, 0.1) is 32.4 Å². The number of ether oxygens (including phenoxy) is 2. The van der Waals surface area contributed by atoms with Crippen molar-refractivity contribution in [1.82, 2.24) is 15.2 Å². The maximum atomic E-state index is 12.4. The SMILES string of the molecule is COc1cc(C(=O)N[C@H]2COC[C@@H]2N2CCCC2)ccn1. The third-order valence-electron chi connectivity index (χ3n) is 4.18. The molecule has 0 saturated carbocycles. The normalized spacial score (nSPS) is 26.0. The average Bonchev–Trinajstić information content (AvgIpc) is 3.18. The van der Waals surface area contributed by atoms with Crippen LogP contribution in [-0.4, -0.2) is 61.3 Å². The highest BCUT2D eigenvalue weighted by Gasteiger charge is 2.35. The summed E-state index contributed by atoms with van der Waals surface area (Å²) in [5.41, 5.74) is 0.564. The summed E-state index contributed by atoms with van der Waals surface area (Å²) in [6, 6.07) is 3.68. The maximum absolute atomic E-state index is 12.4. The molecule has 114 valence electrons. The zero-order valence-corrected chi connectivity index (χ0v) is 12.2. The predicted molar refractivity (Wildman–Crippen MR) is 77.5 cm³/mol. The highest BCUT2D eigenvalue weighted by molar-refractivity contribution is 5.94. The minimum atomic E-state index is -0.101. The number of aromatic nitrogens is 1. The van der Waals surface area contributed by atoms with E-state index in [1.807, 2.05) is 0 Å². The van der Waals surface area contributed by atoms with Crippen LogP contribution in [0.1, 0.15) is 23.2 Å². The monoisotopic (exact) mass is 291 g/mol. The molecule has 1 N–H and O–H groups in total. The lowest BCUT2D eigenvalue weighted by molar-refractivity contribution is 0.0916. The first kappa shape index (κ1) is 14.3. The van der Waals surface area contributed by atoms with E-state index < -0.39 is 0 Å². The lowest BCUT2D eigenvalue weighted by Crippen LogP contribution is -2.50. The van der Waals surface area contributed by atoms with Crippen LogP contribution in [-0.2, 0) is 4.74 Å². The molecule has 21 heavy (non-hydrogen) atoms. The predicted octanol–water partition coefficient (Wildman–Crippen LogP) is 0.683. The lowest BCUT2D eigenvalue weighted by atomic mass is 10.1. The van der Waals surface area contributed by atoms with Gasteiger partial charge in [-0.15, -0.1) is 0 Å². The fourth-order valence-corrected chi connectivity index (χ4v) is 3.03. The van der Waals surface area contributed by atoms with Crippen molar-refractivity contribution in [1.29, 1.82) is 0 Å². The number of amides is 1. The van der Waals surface area contributed by atoms with Crippen molar-refractivity contribution in [3.63, 3.8) is 0 Å². The Hall–Kier alpha value is -1.66. The standard InChI is InChI=1S/C15H21N3O3/c1-20-14-8-11(4-5-16-14)15(19)17-12-9-21-10-13(12)18-6-2-3-7-18/h4-5,8,12-13H,2-3,6-7,9-10H2,1H3,(H,17,19)/t12-,13-/m0/s1. The van der Waals surface area contributed by atoms with E-state index in [0.29, 0.717) is 30.7 Å². The Morgan fingerprint density at radius 3 is 3.00 bits per heavy atom. The smallest absolute Gasteiger partial charge is 0.251 e. The van der Waals surface area contributed by atoms with Gasteiger partial charge in [-0.3, -0.25) is 9.69 Å². The van der Waals surface area contributed by atoms with Crippen molar-refractivity contribution in [2.45, 2.75) is 24.9 Å². The largest absolute Gasteiger partial charge is 0.481 e. The van der Waals surface area contributed by atoms with E-state index in [4.69, 9.17) is 9.47 Å². The molecule has 1 amide bonds. The molecule has 0 spiro atoms. The van der Waals surface area contributed by atoms with Crippen LogP contribution in [0.4, 0.5) is 0 Å². The van der Waals surface area contributed by atoms with Gasteiger partial charge in [0.1, 0.15) is 0 Å². The van der Waals surface area contributed by atoms with Crippen molar-refractivity contribution in [3.05, 3.63) is 23.9 Å². The fraction of sp³-hybridized carbons (Fsp3) is 0.600. The van der Waals surface area contributed by atoms with Gasteiger partial charge in [0.2, 0.25) is 5.88 Å². The van der Waals surface area contributed by atoms with Gasteiger partial charge in [-0.25, -0.2) is 4.98 Å². The third-order valence-corrected chi connectivity index (χ3v) is 4.18. The van der Waals surface area contributed by atoms with Gasteiger partial charge in [-0.05, 0) is 32.0 Å². The minimum absolute atomic E-state index is 0.0507. The molecule has 1 aromatic rings. The Morgan fingerprint density at radius 2 is 2.24 bits per heavy atom. The van der Waals surface area contributed by atoms with Crippen LogP contribution in [0.2, 0.25) is 0 Å². The molecule has 0 unspecified atom stereocenters. The number of hydrogen-bond acceptors (Lipinski definition) is 5. The number of likely N-dealkylation sites (tertiary alicyclic amines) is 1. The molecule has 3 rings (SSSR count). The van der Waals surface area contributed by atoms with Crippen LogP contribution in [0.3, 0.4) is 0 Å². The van der Waals surface area contributed by atoms with Crippen molar-refractivity contribution < 1.29 is 14.3 Å². The molecule has 0 aromatic carbocycles. The molecule has 1 aromatic heterocycles. The summed E-state index contributed by atoms with van der Waals surface area (Å²) in [4.78, 5) is 18.8. The van der Waals surface area contributed by atoms with Gasteiger partial charge in [-0.1, -0.05) is 0 Å². The van der Waals surface area contributed by atoms with Gasteiger partial charge in [-0.2, -0.15) is 0 Å². The summed E-state index contributed by atoms with van der Waals surface area (Å²) in [5.74, 6) is 0.344. The molecule has 0 aliphatic carbocycles. The van der Waals surface area contributed by atoms with E-state index in [-0.39, 0.29) is 11.9 Å². The first-order chi connectivity index (χ1) is 10.3. The number of carbonyl (C=O) groups excluding carboxylic acids is 1. The second-order valence-corrected chi connectivity index (χ2v) is 5.51. The van der Waals surface area contributed by atoms with Crippen LogP contribution >= 0.6 is 0 Å². The van der Waals surface area contributed by atoms with E-state index in [1.165, 1.54) is 20.0 Å². The van der Waals surface area contributed by atoms with Crippen LogP contribution in [0.5, 0.6) is 5.88 Å². The van der Waals surface area contributed by atoms with Crippen molar-refractivity contribution in [3.8, 4) is 5.88 Å². The summed E-state index contributed by atoms with van der Waals surface area (Å²) < 4.78 is 10.6. The number of pyridine rings is 1. The molecule has 0 radical (unpaired) electrons. The summed E-state index contributed by atoms with van der Waals surface area (Å²) in [6.45, 7) is 3.48. The Labute approximate surface area is 124 Å². The highest BCUT2D eigenvalue weighted by Crippen LogP contribution is 2.19. The number of nitrogens with one attached hydrogen (secondary N) is 1. The zero-order valence-electron chi connectivity index (χ0n) is 12.2. The lowest BCUT2D eigenvalue weighted by Gasteiger charge is -2.27. The van der Waals surface area contributed by atoms with Gasteiger partial charge in [0.25, 0.3) is 5.91 Å². The van der Waals surface area contributed by atoms with Crippen LogP contribution < -0.4 is 10.1 Å². The molecular weight excluding hydrogens is 270 g/mol. The summed E-state index contributed by atoms with van der Waals surface area (Å²) in [7, 11) is 1.54. The quantitative estimate of drug-likeness (QED) is 0.884. The Bertz CT molecular complexity index is 503. The molecule has 2 aliphatic heterocycles. The number of rotatable bonds is 4. The minimum Gasteiger partial charge on any atom is -0.481 e. The molecule has 2 fully saturated rings. The second-order valence-electron chi connectivity index (χ2n) is 5.51. The number of hydrogen-bond donors (Lipinski definition) is 1. The van der Waals surface area contributed by atoms with Crippen LogP contribution in [0, 0.1) is 0 Å². The van der Waals surface area contributed by atoms with E-state index in [9.17, 15) is 4.79 Å². The first-order valence-corrected chi connectivity index (χ1v) is 7.40. The molecule has 6 nitrogen and oxygen atoms in total. The summed E-state index contributed by atoms with van der Waals surface area (Å²) in [6.07, 6.45) is 4.05. The van der Waals surface area contributed by atoms with Gasteiger partial charge < -0.3 is 14.8 Å². The molecule has 2 saturated heterocycles. The molecule has 0 bridgehead atoms. The summed E-state index contributed by atoms with van der Waals surface area (Å²) >= 11 is 0. The van der Waals surface area contributed by atoms with Crippen LogP contribution in [0.15, 0.2) is 18.3 Å². The Morgan fingerprint density at radius 1 is 1.43 bits per heavy atom. The summed E-state index contributed by atoms with van der Waals surface area (Å²) in [5, 5.41) is 3.08. The fourth-order valence-electron chi connectivity index (χ4n) is 3.03. The van der Waals surface area contributed by atoms with Crippen molar-refractivity contribution in [2.75, 3.05) is 33.4 Å². The van der Waals surface area contributed by atoms with Crippen molar-refractivity contribution >= 4 is 5.91 Å². The molecule has 2 atom stereocenters. The second kappa shape index (κ2) is 6.41. The molecule has 2 aliphatic rings. The Kier molecular flexibility index (Phi) is 4.36. The zero-order chi connectivity index (χ0) is 14.7. The molecular formula is C15H21N3O3. The van der Waals surface area contributed by atoms with Gasteiger partial charge >= 0.3 is 0 Å². The van der Waals surface area contributed by atoms with Crippen molar-refractivity contribution in [2.24, 2.45) is 0 Å². The number of nitrogens with zero attached hydrogens (tertiary/aromatic N) is 2. The van der Waals surface area contributed by atoms with E-state index in [2.05, 4.69) is 15.2 Å².